The van der Waals surface area contributed by atoms with Crippen LogP contribution < -0.4 is 5.73 Å². The van der Waals surface area contributed by atoms with E-state index in [9.17, 15) is 4.79 Å². The van der Waals surface area contributed by atoms with E-state index in [4.69, 9.17) is 10.8 Å². The molecule has 1 aliphatic heterocycles. The third kappa shape index (κ3) is 1.21. The first kappa shape index (κ1) is 7.34. The maximum absolute atomic E-state index is 10.4. The molecule has 0 aliphatic carbocycles. The van der Waals surface area contributed by atoms with Crippen LogP contribution in [0.25, 0.3) is 0 Å². The first-order valence-corrected chi connectivity index (χ1v) is 3.36. The Hall–Kier alpha value is -0.770. The molecule has 58 valence electrons. The molecule has 3 N–H and O–H groups in total. The van der Waals surface area contributed by atoms with Crippen molar-refractivity contribution in [2.75, 3.05) is 6.54 Å². The van der Waals surface area contributed by atoms with Crippen LogP contribution in [0, 0.1) is 0 Å². The molecule has 0 spiro atoms. The number of likely N-dealkylation sites (tertiary alicyclic amines) is 1. The Balaban J connectivity index is 2.54. The summed E-state index contributed by atoms with van der Waals surface area (Å²) < 4.78 is 0. The summed E-state index contributed by atoms with van der Waals surface area (Å²) in [4.78, 5) is 11.8. The lowest BCUT2D eigenvalue weighted by molar-refractivity contribution is 0.143. The van der Waals surface area contributed by atoms with Crippen molar-refractivity contribution in [1.82, 2.24) is 4.90 Å². The Labute approximate surface area is 59.6 Å². The van der Waals surface area contributed by atoms with Crippen LogP contribution in [-0.4, -0.2) is 34.7 Å². The second-order valence-electron chi connectivity index (χ2n) is 2.78. The normalized spacial score (nSPS) is 32.8. The van der Waals surface area contributed by atoms with E-state index in [2.05, 4.69) is 0 Å². The molecule has 0 radical (unpaired) electrons. The molecule has 0 aromatic heterocycles. The summed E-state index contributed by atoms with van der Waals surface area (Å²) in [7, 11) is 0. The van der Waals surface area contributed by atoms with Crippen LogP contribution in [-0.2, 0) is 0 Å². The number of hydrogen-bond donors (Lipinski definition) is 2. The van der Waals surface area contributed by atoms with E-state index >= 15 is 0 Å². The number of nitrogens with zero attached hydrogens (tertiary/aromatic N) is 1. The van der Waals surface area contributed by atoms with Crippen molar-refractivity contribution in [3.63, 3.8) is 0 Å². The molecule has 1 aliphatic rings. The molecule has 1 heterocycles. The Morgan fingerprint density at radius 2 is 2.40 bits per heavy atom. The van der Waals surface area contributed by atoms with Gasteiger partial charge in [-0.05, 0) is 13.3 Å². The van der Waals surface area contributed by atoms with Crippen LogP contribution in [0.2, 0.25) is 0 Å². The van der Waals surface area contributed by atoms with Gasteiger partial charge in [-0.25, -0.2) is 4.79 Å². The fourth-order valence-corrected chi connectivity index (χ4v) is 1.34. The van der Waals surface area contributed by atoms with Crippen LogP contribution in [0.4, 0.5) is 4.79 Å². The molecule has 0 bridgehead atoms. The summed E-state index contributed by atoms with van der Waals surface area (Å²) in [6.45, 7) is 2.36. The van der Waals surface area contributed by atoms with Crippen LogP contribution >= 0.6 is 0 Å². The van der Waals surface area contributed by atoms with Crippen LogP contribution in [0.3, 0.4) is 0 Å². The summed E-state index contributed by atoms with van der Waals surface area (Å²) in [5, 5.41) is 8.57. The highest BCUT2D eigenvalue weighted by atomic mass is 16.4. The molecule has 4 heteroatoms. The van der Waals surface area contributed by atoms with Crippen molar-refractivity contribution in [1.29, 1.82) is 0 Å². The number of rotatable bonds is 0. The van der Waals surface area contributed by atoms with E-state index < -0.39 is 6.09 Å². The van der Waals surface area contributed by atoms with Crippen molar-refractivity contribution in [3.05, 3.63) is 0 Å². The fraction of sp³-hybridized carbons (Fsp3) is 0.833. The standard InChI is InChI=1S/C6H12N2O2/c1-4-2-5(7)3-8(4)6(9)10/h4-5H,2-3,7H2,1H3,(H,9,10)/t4-,5+/m1/s1. The van der Waals surface area contributed by atoms with Crippen molar-refractivity contribution in [2.24, 2.45) is 5.73 Å². The lowest BCUT2D eigenvalue weighted by atomic mass is 10.2. The first-order chi connectivity index (χ1) is 4.61. The van der Waals surface area contributed by atoms with Gasteiger partial charge in [-0.15, -0.1) is 0 Å². The molecule has 1 amide bonds. The lowest BCUT2D eigenvalue weighted by Crippen LogP contribution is -2.33. The number of carboxylic acid groups (broad SMARTS) is 1. The number of hydrogen-bond acceptors (Lipinski definition) is 2. The van der Waals surface area contributed by atoms with Crippen molar-refractivity contribution < 1.29 is 9.90 Å². The predicted molar refractivity (Wildman–Crippen MR) is 36.8 cm³/mol. The second-order valence-corrected chi connectivity index (χ2v) is 2.78. The van der Waals surface area contributed by atoms with E-state index in [1.165, 1.54) is 4.90 Å². The quantitative estimate of drug-likeness (QED) is 0.506. The van der Waals surface area contributed by atoms with E-state index in [-0.39, 0.29) is 12.1 Å². The van der Waals surface area contributed by atoms with Crippen LogP contribution in [0.1, 0.15) is 13.3 Å². The average Bonchev–Trinajstić information content (AvgIpc) is 2.10. The smallest absolute Gasteiger partial charge is 0.407 e. The predicted octanol–water partition coefficient (Wildman–Crippen LogP) is 0.0859. The van der Waals surface area contributed by atoms with Gasteiger partial charge in [-0.3, -0.25) is 0 Å². The highest BCUT2D eigenvalue weighted by Gasteiger charge is 2.29. The first-order valence-electron chi connectivity index (χ1n) is 3.36. The zero-order valence-electron chi connectivity index (χ0n) is 5.95. The van der Waals surface area contributed by atoms with Gasteiger partial charge >= 0.3 is 6.09 Å². The monoisotopic (exact) mass is 144 g/mol. The molecule has 0 aromatic carbocycles. The molecule has 0 unspecified atom stereocenters. The molecule has 4 nitrogen and oxygen atoms in total. The Bertz CT molecular complexity index is 149. The maximum atomic E-state index is 10.4. The zero-order valence-corrected chi connectivity index (χ0v) is 5.95. The molecule has 10 heavy (non-hydrogen) atoms. The van der Waals surface area contributed by atoms with Gasteiger partial charge < -0.3 is 15.7 Å². The van der Waals surface area contributed by atoms with E-state index in [1.807, 2.05) is 6.92 Å². The minimum atomic E-state index is -0.861. The van der Waals surface area contributed by atoms with E-state index in [0.717, 1.165) is 6.42 Å². The lowest BCUT2D eigenvalue weighted by Gasteiger charge is -2.15. The third-order valence-electron chi connectivity index (χ3n) is 1.85. The molecule has 0 saturated carbocycles. The Morgan fingerprint density at radius 3 is 2.60 bits per heavy atom. The summed E-state index contributed by atoms with van der Waals surface area (Å²) in [6, 6.07) is 0.124. The number of amides is 1. The van der Waals surface area contributed by atoms with Gasteiger partial charge in [0.2, 0.25) is 0 Å². The molecule has 2 atom stereocenters. The Morgan fingerprint density at radius 1 is 1.80 bits per heavy atom. The SMILES string of the molecule is C[C@@H]1C[C@H](N)CN1C(=O)O. The molecule has 1 fully saturated rings. The summed E-state index contributed by atoms with van der Waals surface area (Å²) in [5.41, 5.74) is 5.55. The van der Waals surface area contributed by atoms with Gasteiger partial charge in [0.15, 0.2) is 0 Å². The van der Waals surface area contributed by atoms with Crippen LogP contribution in [0.15, 0.2) is 0 Å². The fourth-order valence-electron chi connectivity index (χ4n) is 1.34. The third-order valence-corrected chi connectivity index (χ3v) is 1.85. The minimum Gasteiger partial charge on any atom is -0.465 e. The van der Waals surface area contributed by atoms with E-state index in [1.54, 1.807) is 0 Å². The molecule has 1 rings (SSSR count). The summed E-state index contributed by atoms with van der Waals surface area (Å²) in [6.07, 6.45) is -0.0767. The maximum Gasteiger partial charge on any atom is 0.407 e. The van der Waals surface area contributed by atoms with Gasteiger partial charge in [0.05, 0.1) is 0 Å². The van der Waals surface area contributed by atoms with Crippen molar-refractivity contribution >= 4 is 6.09 Å². The van der Waals surface area contributed by atoms with Gasteiger partial charge in [0, 0.05) is 18.6 Å². The summed E-state index contributed by atoms with van der Waals surface area (Å²) in [5.74, 6) is 0. The van der Waals surface area contributed by atoms with Gasteiger partial charge in [0.1, 0.15) is 0 Å². The topological polar surface area (TPSA) is 66.6 Å². The van der Waals surface area contributed by atoms with Crippen LogP contribution in [0.5, 0.6) is 0 Å². The highest BCUT2D eigenvalue weighted by Crippen LogP contribution is 2.14. The Kier molecular flexibility index (Phi) is 1.80. The zero-order chi connectivity index (χ0) is 7.72. The van der Waals surface area contributed by atoms with Crippen molar-refractivity contribution in [3.8, 4) is 0 Å². The molecule has 0 aromatic rings. The second kappa shape index (κ2) is 2.46. The van der Waals surface area contributed by atoms with Gasteiger partial charge in [-0.1, -0.05) is 0 Å². The van der Waals surface area contributed by atoms with Gasteiger partial charge in [-0.2, -0.15) is 0 Å². The van der Waals surface area contributed by atoms with Crippen molar-refractivity contribution in [2.45, 2.75) is 25.4 Å². The number of nitrogens with two attached hydrogens (primary N) is 1. The summed E-state index contributed by atoms with van der Waals surface area (Å²) >= 11 is 0. The van der Waals surface area contributed by atoms with E-state index in [0.29, 0.717) is 6.54 Å². The molecular formula is C6H12N2O2. The van der Waals surface area contributed by atoms with Gasteiger partial charge in [0.25, 0.3) is 0 Å². The molecule has 1 saturated heterocycles. The highest BCUT2D eigenvalue weighted by molar-refractivity contribution is 5.65. The largest absolute Gasteiger partial charge is 0.465 e. The average molecular weight is 144 g/mol. The number of carbonyl (C=O) groups is 1. The molecular weight excluding hydrogens is 132 g/mol. The minimum absolute atomic E-state index is 0.0334.